The van der Waals surface area contributed by atoms with Crippen LogP contribution in [0.1, 0.15) is 78.7 Å². The first-order chi connectivity index (χ1) is 19.1. The second-order valence-corrected chi connectivity index (χ2v) is 10.9. The van der Waals surface area contributed by atoms with E-state index < -0.39 is 24.1 Å². The molecular formula is C30H46N4O6. The molecule has 1 saturated heterocycles. The highest BCUT2D eigenvalue weighted by Gasteiger charge is 2.37. The van der Waals surface area contributed by atoms with E-state index in [0.29, 0.717) is 19.4 Å². The summed E-state index contributed by atoms with van der Waals surface area (Å²) >= 11 is 0. The molecule has 2 N–H and O–H groups in total. The molecule has 2 atom stereocenters. The number of hydrogen-bond donors (Lipinski definition) is 2. The number of hydroxylamine groups is 1. The Morgan fingerprint density at radius 3 is 2.38 bits per heavy atom. The van der Waals surface area contributed by atoms with E-state index in [1.54, 1.807) is 0 Å². The van der Waals surface area contributed by atoms with Gasteiger partial charge in [-0.05, 0) is 43.1 Å². The van der Waals surface area contributed by atoms with Gasteiger partial charge in [0, 0.05) is 32.9 Å². The predicted molar refractivity (Wildman–Crippen MR) is 153 cm³/mol. The van der Waals surface area contributed by atoms with Crippen molar-refractivity contribution in [1.29, 1.82) is 0 Å². The van der Waals surface area contributed by atoms with Gasteiger partial charge >= 0.3 is 0 Å². The number of ether oxygens (including phenoxy) is 1. The summed E-state index contributed by atoms with van der Waals surface area (Å²) in [6, 6.07) is 8.52. The molecule has 1 aliphatic rings. The van der Waals surface area contributed by atoms with Crippen LogP contribution in [0.15, 0.2) is 36.4 Å². The largest absolute Gasteiger partial charge is 0.350 e. The first-order valence-corrected chi connectivity index (χ1v) is 14.2. The molecule has 1 fully saturated rings. The average molecular weight is 559 g/mol. The highest BCUT2D eigenvalue weighted by Crippen LogP contribution is 2.19. The zero-order chi connectivity index (χ0) is 29.5. The first kappa shape index (κ1) is 33.0. The van der Waals surface area contributed by atoms with Gasteiger partial charge in [0.2, 0.25) is 11.8 Å². The number of carbonyl (C=O) groups is 4. The van der Waals surface area contributed by atoms with E-state index in [1.807, 2.05) is 70.2 Å². The van der Waals surface area contributed by atoms with Gasteiger partial charge in [-0.1, -0.05) is 70.2 Å². The predicted octanol–water partition coefficient (Wildman–Crippen LogP) is 3.83. The van der Waals surface area contributed by atoms with E-state index in [-0.39, 0.29) is 49.6 Å². The zero-order valence-corrected chi connectivity index (χ0v) is 24.6. The minimum absolute atomic E-state index is 0.0165. The molecule has 222 valence electrons. The van der Waals surface area contributed by atoms with Gasteiger partial charge in [-0.15, -0.1) is 0 Å². The van der Waals surface area contributed by atoms with Crippen LogP contribution in [0.3, 0.4) is 0 Å². The van der Waals surface area contributed by atoms with Gasteiger partial charge in [0.05, 0.1) is 6.54 Å². The molecule has 2 rings (SSSR count). The van der Waals surface area contributed by atoms with Crippen LogP contribution >= 0.6 is 0 Å². The highest BCUT2D eigenvalue weighted by molar-refractivity contribution is 5.90. The Kier molecular flexibility index (Phi) is 14.4. The minimum atomic E-state index is -1.08. The molecule has 4 amide bonds. The number of benzene rings is 1. The van der Waals surface area contributed by atoms with Crippen LogP contribution in [-0.2, 0) is 28.8 Å². The van der Waals surface area contributed by atoms with Crippen LogP contribution in [0.2, 0.25) is 0 Å². The normalized spacial score (nSPS) is 16.1. The Morgan fingerprint density at radius 2 is 1.77 bits per heavy atom. The molecule has 0 saturated carbocycles. The summed E-state index contributed by atoms with van der Waals surface area (Å²) < 4.78 is 5.58. The van der Waals surface area contributed by atoms with Crippen LogP contribution in [-0.4, -0.2) is 65.7 Å². The molecule has 0 bridgehead atoms. The van der Waals surface area contributed by atoms with Gasteiger partial charge in [0.1, 0.15) is 6.04 Å². The van der Waals surface area contributed by atoms with Gasteiger partial charge in [-0.25, -0.2) is 20.3 Å². The second-order valence-electron chi connectivity index (χ2n) is 10.9. The van der Waals surface area contributed by atoms with Crippen LogP contribution < -0.4 is 10.8 Å². The van der Waals surface area contributed by atoms with Gasteiger partial charge in [0.25, 0.3) is 11.8 Å². The summed E-state index contributed by atoms with van der Waals surface area (Å²) in [7, 11) is 0. The van der Waals surface area contributed by atoms with E-state index in [2.05, 4.69) is 10.8 Å². The van der Waals surface area contributed by atoms with Gasteiger partial charge < -0.3 is 10.1 Å². The molecule has 10 nitrogen and oxygen atoms in total. The fourth-order valence-electron chi connectivity index (χ4n) is 4.16. The van der Waals surface area contributed by atoms with Crippen molar-refractivity contribution in [2.24, 2.45) is 11.8 Å². The van der Waals surface area contributed by atoms with Crippen molar-refractivity contribution < 1.29 is 28.8 Å². The van der Waals surface area contributed by atoms with Crippen molar-refractivity contribution in [1.82, 2.24) is 20.8 Å². The summed E-state index contributed by atoms with van der Waals surface area (Å²) in [6.07, 6.45) is 6.47. The van der Waals surface area contributed by atoms with E-state index in [0.717, 1.165) is 18.4 Å². The van der Waals surface area contributed by atoms with Crippen LogP contribution in [0, 0.1) is 11.8 Å². The standard InChI is InChI=1S/C30H46N4O6/c1-22(2)17-18-27(36)34(33(21-23(3)4)28(37)20-31-24(5)35)26(15-11-14-25-12-7-6-8-13-25)30(38)32-40-29-16-9-10-19-39-29/h6-8,11-14,22-23,26,29H,9-10,15-21H2,1-5H3,(H,31,35)(H,32,38)/t26-,29+/m0/s1. The maximum Gasteiger partial charge on any atom is 0.268 e. The molecule has 0 unspecified atom stereocenters. The van der Waals surface area contributed by atoms with Crippen LogP contribution in [0.5, 0.6) is 0 Å². The SMILES string of the molecule is CC(=O)NCC(=O)N(CC(C)C)N(C(=O)CCC(C)C)[C@@H](CC=Cc1ccccc1)C(=O)NO[C@@H]1CCCCO1. The Balaban J connectivity index is 2.43. The van der Waals surface area contributed by atoms with Crippen LogP contribution in [0.4, 0.5) is 0 Å². The van der Waals surface area contributed by atoms with Crippen LogP contribution in [0.25, 0.3) is 6.08 Å². The maximum atomic E-state index is 13.8. The van der Waals surface area contributed by atoms with E-state index in [4.69, 9.17) is 9.57 Å². The van der Waals surface area contributed by atoms with Gasteiger partial charge in [-0.3, -0.25) is 19.2 Å². The molecule has 1 heterocycles. The molecule has 1 aromatic carbocycles. The Hall–Kier alpha value is -3.24. The summed E-state index contributed by atoms with van der Waals surface area (Å²) in [4.78, 5) is 58.0. The maximum absolute atomic E-state index is 13.8. The topological polar surface area (TPSA) is 117 Å². The van der Waals surface area contributed by atoms with E-state index in [9.17, 15) is 19.2 Å². The average Bonchev–Trinajstić information content (AvgIpc) is 2.93. The fourth-order valence-corrected chi connectivity index (χ4v) is 4.16. The molecule has 10 heteroatoms. The summed E-state index contributed by atoms with van der Waals surface area (Å²) in [5.74, 6) is -1.54. The van der Waals surface area contributed by atoms with Crippen molar-refractivity contribution in [2.75, 3.05) is 19.7 Å². The molecule has 0 radical (unpaired) electrons. The molecule has 40 heavy (non-hydrogen) atoms. The number of carbonyl (C=O) groups excluding carboxylic acids is 4. The quantitative estimate of drug-likeness (QED) is 0.335. The number of hydrogen-bond acceptors (Lipinski definition) is 6. The molecule has 1 aromatic rings. The molecule has 1 aliphatic heterocycles. The lowest BCUT2D eigenvalue weighted by Gasteiger charge is -2.40. The van der Waals surface area contributed by atoms with Crippen molar-refractivity contribution in [2.45, 2.75) is 85.5 Å². The number of nitrogens with one attached hydrogen (secondary N) is 2. The summed E-state index contributed by atoms with van der Waals surface area (Å²) in [6.45, 7) is 9.62. The summed E-state index contributed by atoms with van der Waals surface area (Å²) in [5, 5.41) is 5.09. The number of amides is 4. The van der Waals surface area contributed by atoms with E-state index >= 15 is 0 Å². The third-order valence-corrected chi connectivity index (χ3v) is 6.26. The number of hydrazine groups is 1. The number of rotatable bonds is 14. The van der Waals surface area contributed by atoms with Crippen molar-refractivity contribution >= 4 is 29.7 Å². The van der Waals surface area contributed by atoms with E-state index in [1.165, 1.54) is 16.9 Å². The highest BCUT2D eigenvalue weighted by atomic mass is 16.8. The van der Waals surface area contributed by atoms with Gasteiger partial charge in [0.15, 0.2) is 6.29 Å². The Morgan fingerprint density at radius 1 is 1.05 bits per heavy atom. The minimum Gasteiger partial charge on any atom is -0.350 e. The third kappa shape index (κ3) is 11.9. The monoisotopic (exact) mass is 558 g/mol. The third-order valence-electron chi connectivity index (χ3n) is 6.26. The van der Waals surface area contributed by atoms with Crippen molar-refractivity contribution in [3.8, 4) is 0 Å². The second kappa shape index (κ2) is 17.5. The van der Waals surface area contributed by atoms with Crippen molar-refractivity contribution in [3.63, 3.8) is 0 Å². The lowest BCUT2D eigenvalue weighted by Crippen LogP contribution is -2.61. The molecule has 0 spiro atoms. The zero-order valence-electron chi connectivity index (χ0n) is 24.6. The van der Waals surface area contributed by atoms with Gasteiger partial charge in [-0.2, -0.15) is 0 Å². The summed E-state index contributed by atoms with van der Waals surface area (Å²) in [5.41, 5.74) is 3.44. The smallest absolute Gasteiger partial charge is 0.268 e. The molecule has 0 aromatic heterocycles. The lowest BCUT2D eigenvalue weighted by molar-refractivity contribution is -0.206. The first-order valence-electron chi connectivity index (χ1n) is 14.2. The molecule has 0 aliphatic carbocycles. The fraction of sp³-hybridized carbons (Fsp3) is 0.600. The Bertz CT molecular complexity index is 976. The lowest BCUT2D eigenvalue weighted by atomic mass is 10.1. The molecular weight excluding hydrogens is 512 g/mol. The Labute approximate surface area is 238 Å². The number of nitrogens with zero attached hydrogens (tertiary/aromatic N) is 2. The van der Waals surface area contributed by atoms with Crippen molar-refractivity contribution in [3.05, 3.63) is 42.0 Å².